The maximum atomic E-state index is 12.0. The number of nitrogens with one attached hydrogen (secondary N) is 1. The van der Waals surface area contributed by atoms with E-state index < -0.39 is 11.0 Å². The Morgan fingerprint density at radius 1 is 1.24 bits per heavy atom. The number of benzene rings is 1. The van der Waals surface area contributed by atoms with Crippen LogP contribution in [0.2, 0.25) is 0 Å². The summed E-state index contributed by atoms with van der Waals surface area (Å²) in [5.74, 6) is 0.191. The van der Waals surface area contributed by atoms with Gasteiger partial charge in [-0.25, -0.2) is 13.9 Å². The molecule has 126 valence electrons. The summed E-state index contributed by atoms with van der Waals surface area (Å²) in [6, 6.07) is 9.61. The second-order valence-electron chi connectivity index (χ2n) is 5.53. The summed E-state index contributed by atoms with van der Waals surface area (Å²) in [5, 5.41) is 5.48. The number of methoxy groups -OCH3 is 1. The summed E-state index contributed by atoms with van der Waals surface area (Å²) in [6.45, 7) is 1.93. The van der Waals surface area contributed by atoms with Crippen LogP contribution in [0.3, 0.4) is 0 Å². The number of pyridine rings is 1. The third-order valence-electron chi connectivity index (χ3n) is 3.99. The van der Waals surface area contributed by atoms with E-state index in [0.29, 0.717) is 10.9 Å². The van der Waals surface area contributed by atoms with Crippen molar-refractivity contribution in [1.29, 1.82) is 0 Å². The van der Waals surface area contributed by atoms with E-state index in [0.717, 1.165) is 27.7 Å². The summed E-state index contributed by atoms with van der Waals surface area (Å²) in [6.07, 6.45) is 2.99. The molecule has 4 rings (SSSR count). The van der Waals surface area contributed by atoms with Gasteiger partial charge in [-0.2, -0.15) is 5.10 Å². The molecule has 1 aromatic carbocycles. The van der Waals surface area contributed by atoms with Crippen molar-refractivity contribution in [3.8, 4) is 17.0 Å². The Kier molecular flexibility index (Phi) is 3.61. The molecule has 0 bridgehead atoms. The first-order valence-electron chi connectivity index (χ1n) is 7.51. The van der Waals surface area contributed by atoms with Crippen molar-refractivity contribution in [2.75, 3.05) is 7.11 Å². The number of rotatable bonds is 3. The highest BCUT2D eigenvalue weighted by Crippen LogP contribution is 2.29. The second-order valence-corrected chi connectivity index (χ2v) is 6.69. The summed E-state index contributed by atoms with van der Waals surface area (Å²) in [5.41, 5.74) is 3.63. The molecule has 1 atom stereocenters. The van der Waals surface area contributed by atoms with Gasteiger partial charge in [0.05, 0.1) is 18.8 Å². The van der Waals surface area contributed by atoms with E-state index in [9.17, 15) is 9.00 Å². The minimum atomic E-state index is -1.59. The number of aromatic nitrogens is 3. The lowest BCUT2D eigenvalue weighted by molar-refractivity contribution is -0.114. The number of carbonyl (C=O) groups excluding carboxylic acids is 1. The van der Waals surface area contributed by atoms with Crippen LogP contribution in [0.15, 0.2) is 42.6 Å². The van der Waals surface area contributed by atoms with Gasteiger partial charge in [-0.05, 0) is 30.7 Å². The van der Waals surface area contributed by atoms with Crippen molar-refractivity contribution < 1.29 is 13.7 Å². The van der Waals surface area contributed by atoms with Gasteiger partial charge in [0.15, 0.2) is 16.0 Å². The van der Waals surface area contributed by atoms with E-state index in [1.165, 1.54) is 10.8 Å². The van der Waals surface area contributed by atoms with Crippen LogP contribution in [0.5, 0.6) is 5.88 Å². The molecule has 8 heteroatoms. The fourth-order valence-corrected chi connectivity index (χ4v) is 3.67. The van der Waals surface area contributed by atoms with Gasteiger partial charge >= 0.3 is 0 Å². The fraction of sp³-hybridized carbons (Fsp3) is 0.118. The quantitative estimate of drug-likeness (QED) is 0.777. The molecule has 25 heavy (non-hydrogen) atoms. The minimum absolute atomic E-state index is 0.329. The Hall–Kier alpha value is -3.00. The van der Waals surface area contributed by atoms with E-state index in [1.54, 1.807) is 13.3 Å². The van der Waals surface area contributed by atoms with Crippen LogP contribution in [0.1, 0.15) is 5.69 Å². The molecule has 3 heterocycles. The average Bonchev–Trinajstić information content (AvgIpc) is 3.16. The topological polar surface area (TPSA) is 86.1 Å². The summed E-state index contributed by atoms with van der Waals surface area (Å²) >= 11 is 0. The zero-order chi connectivity index (χ0) is 17.6. The van der Waals surface area contributed by atoms with E-state index >= 15 is 0 Å². The maximum Gasteiger partial charge on any atom is 0.258 e. The van der Waals surface area contributed by atoms with E-state index in [1.807, 2.05) is 37.3 Å². The molecule has 0 radical (unpaired) electrons. The molecular weight excluding hydrogens is 340 g/mol. The van der Waals surface area contributed by atoms with Crippen LogP contribution in [0, 0.1) is 6.92 Å². The molecule has 1 unspecified atom stereocenters. The van der Waals surface area contributed by atoms with Gasteiger partial charge in [0.25, 0.3) is 5.91 Å². The number of carbonyl (C=O) groups is 1. The molecule has 0 spiro atoms. The zero-order valence-corrected chi connectivity index (χ0v) is 14.3. The molecule has 3 aromatic rings. The summed E-state index contributed by atoms with van der Waals surface area (Å²) in [4.78, 5) is 15.8. The Bertz CT molecular complexity index is 1070. The molecule has 0 fully saturated rings. The second kappa shape index (κ2) is 5.82. The number of amides is 1. The highest BCUT2D eigenvalue weighted by atomic mass is 32.2. The fourth-order valence-electron chi connectivity index (χ4n) is 2.81. The van der Waals surface area contributed by atoms with Crippen LogP contribution in [-0.4, -0.2) is 32.0 Å². The van der Waals surface area contributed by atoms with E-state index in [-0.39, 0.29) is 5.91 Å². The molecule has 1 amide bonds. The number of hydrogen-bond donors (Lipinski definition) is 1. The molecule has 1 N–H and O–H groups in total. The van der Waals surface area contributed by atoms with Crippen LogP contribution in [-0.2, 0) is 15.8 Å². The van der Waals surface area contributed by atoms with Crippen molar-refractivity contribution in [3.05, 3.63) is 48.3 Å². The predicted octanol–water partition coefficient (Wildman–Crippen LogP) is 2.01. The smallest absolute Gasteiger partial charge is 0.258 e. The lowest BCUT2D eigenvalue weighted by Crippen LogP contribution is -2.17. The summed E-state index contributed by atoms with van der Waals surface area (Å²) < 4.78 is 20.9. The standard InChI is InChI=1S/C17H14N4O3S/c1-10-13(4-6-16(19-10)24-2)11-3-5-14-12(7-11)9-18-21(14)17-8-15(22)20-25(17)23/h3-9H,1-2H3,(H,20,22). The predicted molar refractivity (Wildman–Crippen MR) is 94.8 cm³/mol. The first-order chi connectivity index (χ1) is 12.1. The van der Waals surface area contributed by atoms with Crippen LogP contribution >= 0.6 is 0 Å². The number of ether oxygens (including phenoxy) is 1. The molecule has 7 nitrogen and oxygen atoms in total. The first-order valence-corrected chi connectivity index (χ1v) is 8.66. The maximum absolute atomic E-state index is 12.0. The SMILES string of the molecule is COc1ccc(-c2ccc3c(cnn3C3=CC(=O)NS3=O)c2)c(C)n1. The summed E-state index contributed by atoms with van der Waals surface area (Å²) in [7, 11) is -0.000290. The van der Waals surface area contributed by atoms with Crippen molar-refractivity contribution in [2.45, 2.75) is 6.92 Å². The van der Waals surface area contributed by atoms with Gasteiger partial charge in [0.2, 0.25) is 5.88 Å². The number of hydrogen-bond acceptors (Lipinski definition) is 5. The van der Waals surface area contributed by atoms with Crippen molar-refractivity contribution in [1.82, 2.24) is 19.5 Å². The molecule has 2 aromatic heterocycles. The molecular formula is C17H14N4O3S. The third kappa shape index (κ3) is 2.60. The molecule has 0 saturated heterocycles. The van der Waals surface area contributed by atoms with Crippen molar-refractivity contribution >= 4 is 32.8 Å². The van der Waals surface area contributed by atoms with E-state index in [4.69, 9.17) is 4.74 Å². The van der Waals surface area contributed by atoms with Gasteiger partial charge < -0.3 is 4.74 Å². The highest BCUT2D eigenvalue weighted by molar-refractivity contribution is 7.93. The molecule has 1 aliphatic rings. The number of aryl methyl sites for hydroxylation is 1. The lowest BCUT2D eigenvalue weighted by Gasteiger charge is -2.08. The van der Waals surface area contributed by atoms with Crippen molar-refractivity contribution in [2.24, 2.45) is 0 Å². The third-order valence-corrected chi connectivity index (χ3v) is 5.05. The number of fused-ring (bicyclic) bond motifs is 1. The Balaban J connectivity index is 1.79. The molecule has 1 aliphatic heterocycles. The number of nitrogens with zero attached hydrogens (tertiary/aromatic N) is 3. The first kappa shape index (κ1) is 15.5. The Morgan fingerprint density at radius 3 is 2.76 bits per heavy atom. The van der Waals surface area contributed by atoms with Gasteiger partial charge in [-0.3, -0.25) is 9.52 Å². The Morgan fingerprint density at radius 2 is 2.08 bits per heavy atom. The van der Waals surface area contributed by atoms with Gasteiger partial charge in [-0.1, -0.05) is 6.07 Å². The van der Waals surface area contributed by atoms with Gasteiger partial charge in [0.1, 0.15) is 0 Å². The zero-order valence-electron chi connectivity index (χ0n) is 13.5. The van der Waals surface area contributed by atoms with E-state index in [2.05, 4.69) is 14.8 Å². The monoisotopic (exact) mass is 354 g/mol. The minimum Gasteiger partial charge on any atom is -0.481 e. The van der Waals surface area contributed by atoms with Gasteiger partial charge in [0, 0.05) is 28.8 Å². The van der Waals surface area contributed by atoms with Crippen molar-refractivity contribution in [3.63, 3.8) is 0 Å². The van der Waals surface area contributed by atoms with Crippen LogP contribution in [0.25, 0.3) is 27.1 Å². The van der Waals surface area contributed by atoms with Crippen LogP contribution < -0.4 is 9.46 Å². The molecule has 0 aliphatic carbocycles. The largest absolute Gasteiger partial charge is 0.481 e. The average molecular weight is 354 g/mol. The normalized spacial score (nSPS) is 16.8. The van der Waals surface area contributed by atoms with Gasteiger partial charge in [-0.15, -0.1) is 0 Å². The highest BCUT2D eigenvalue weighted by Gasteiger charge is 2.23. The lowest BCUT2D eigenvalue weighted by atomic mass is 10.0. The Labute approximate surface area is 145 Å². The molecule has 0 saturated carbocycles. The van der Waals surface area contributed by atoms with Crippen LogP contribution in [0.4, 0.5) is 0 Å².